The molecule has 25 heavy (non-hydrogen) atoms. The van der Waals surface area contributed by atoms with Gasteiger partial charge < -0.3 is 10.1 Å². The van der Waals surface area contributed by atoms with Gasteiger partial charge in [0.05, 0.1) is 24.4 Å². The molecule has 0 bridgehead atoms. The van der Waals surface area contributed by atoms with Gasteiger partial charge in [-0.2, -0.15) is 0 Å². The number of rotatable bonds is 6. The number of ether oxygens (including phenoxy) is 1. The van der Waals surface area contributed by atoms with Crippen molar-refractivity contribution in [3.63, 3.8) is 0 Å². The molecule has 1 aromatic heterocycles. The van der Waals surface area contributed by atoms with Crippen molar-refractivity contribution in [2.75, 3.05) is 24.4 Å². The van der Waals surface area contributed by atoms with Gasteiger partial charge in [0.1, 0.15) is 5.75 Å². The summed E-state index contributed by atoms with van der Waals surface area (Å²) >= 11 is 1.20. The number of benzene rings is 1. The van der Waals surface area contributed by atoms with E-state index in [4.69, 9.17) is 4.74 Å². The summed E-state index contributed by atoms with van der Waals surface area (Å²) in [4.78, 5) is 16.3. The number of amides is 1. The predicted molar refractivity (Wildman–Crippen MR) is 94.3 cm³/mol. The van der Waals surface area contributed by atoms with Crippen molar-refractivity contribution in [1.29, 1.82) is 0 Å². The number of aromatic nitrogens is 3. The van der Waals surface area contributed by atoms with E-state index in [2.05, 4.69) is 20.5 Å². The summed E-state index contributed by atoms with van der Waals surface area (Å²) < 4.78 is 27.9. The van der Waals surface area contributed by atoms with Crippen LogP contribution in [0.25, 0.3) is 11.4 Å². The monoisotopic (exact) mass is 382 g/mol. The number of hydrogen-bond donors (Lipinski definition) is 2. The normalized spacial score (nSPS) is 18.8. The SMILES string of the molecule is COc1ccc(-c2nc(SCC(=O)N[C@H]3CCS(=O)(=O)C3)n[nH]2)cc1. The van der Waals surface area contributed by atoms with Gasteiger partial charge in [0, 0.05) is 11.6 Å². The topological polar surface area (TPSA) is 114 Å². The molecule has 2 N–H and O–H groups in total. The maximum absolute atomic E-state index is 11.9. The first-order chi connectivity index (χ1) is 11.9. The van der Waals surface area contributed by atoms with Gasteiger partial charge in [0.2, 0.25) is 11.1 Å². The fourth-order valence-corrected chi connectivity index (χ4v) is 4.78. The number of aromatic amines is 1. The minimum absolute atomic E-state index is 0.0195. The lowest BCUT2D eigenvalue weighted by Crippen LogP contribution is -2.36. The Labute approximate surface area is 149 Å². The third-order valence-corrected chi connectivity index (χ3v) is 6.37. The Balaban J connectivity index is 1.52. The lowest BCUT2D eigenvalue weighted by molar-refractivity contribution is -0.119. The molecule has 1 fully saturated rings. The first-order valence-electron chi connectivity index (χ1n) is 7.64. The van der Waals surface area contributed by atoms with Crippen molar-refractivity contribution < 1.29 is 17.9 Å². The lowest BCUT2D eigenvalue weighted by atomic mass is 10.2. The molecule has 1 saturated heterocycles. The number of sulfone groups is 1. The molecule has 0 spiro atoms. The van der Waals surface area contributed by atoms with Gasteiger partial charge >= 0.3 is 0 Å². The molecule has 3 rings (SSSR count). The first-order valence-corrected chi connectivity index (χ1v) is 10.5. The molecule has 1 amide bonds. The molecular weight excluding hydrogens is 364 g/mol. The molecular formula is C15H18N4O4S2. The quantitative estimate of drug-likeness (QED) is 0.713. The molecule has 1 aliphatic heterocycles. The second kappa shape index (κ2) is 7.44. The van der Waals surface area contributed by atoms with Crippen molar-refractivity contribution in [2.24, 2.45) is 0 Å². The van der Waals surface area contributed by atoms with Crippen LogP contribution >= 0.6 is 11.8 Å². The van der Waals surface area contributed by atoms with Crippen LogP contribution < -0.4 is 10.1 Å². The molecule has 1 aliphatic rings. The average molecular weight is 382 g/mol. The van der Waals surface area contributed by atoms with Gasteiger partial charge in [-0.05, 0) is 30.7 Å². The van der Waals surface area contributed by atoms with E-state index >= 15 is 0 Å². The zero-order chi connectivity index (χ0) is 17.9. The smallest absolute Gasteiger partial charge is 0.230 e. The average Bonchev–Trinajstić information content (AvgIpc) is 3.19. The zero-order valence-electron chi connectivity index (χ0n) is 13.6. The molecule has 0 aliphatic carbocycles. The molecule has 0 unspecified atom stereocenters. The van der Waals surface area contributed by atoms with Crippen LogP contribution in [0.15, 0.2) is 29.4 Å². The zero-order valence-corrected chi connectivity index (χ0v) is 15.2. The number of nitrogens with one attached hydrogen (secondary N) is 2. The number of thioether (sulfide) groups is 1. The van der Waals surface area contributed by atoms with Crippen molar-refractivity contribution in [2.45, 2.75) is 17.6 Å². The van der Waals surface area contributed by atoms with E-state index in [9.17, 15) is 13.2 Å². The van der Waals surface area contributed by atoms with Crippen LogP contribution in [0.2, 0.25) is 0 Å². The lowest BCUT2D eigenvalue weighted by Gasteiger charge is -2.09. The summed E-state index contributed by atoms with van der Waals surface area (Å²) in [5, 5.41) is 10.1. The highest BCUT2D eigenvalue weighted by Gasteiger charge is 2.28. The largest absolute Gasteiger partial charge is 0.497 e. The number of carbonyl (C=O) groups excluding carboxylic acids is 1. The van der Waals surface area contributed by atoms with Gasteiger partial charge in [0.15, 0.2) is 15.7 Å². The molecule has 8 nitrogen and oxygen atoms in total. The highest BCUT2D eigenvalue weighted by atomic mass is 32.2. The van der Waals surface area contributed by atoms with E-state index in [1.807, 2.05) is 24.3 Å². The molecule has 0 saturated carbocycles. The van der Waals surface area contributed by atoms with Crippen molar-refractivity contribution in [3.05, 3.63) is 24.3 Å². The van der Waals surface area contributed by atoms with Crippen LogP contribution in [0.5, 0.6) is 5.75 Å². The summed E-state index contributed by atoms with van der Waals surface area (Å²) in [6.07, 6.45) is 0.473. The van der Waals surface area contributed by atoms with Crippen molar-refractivity contribution in [3.8, 4) is 17.1 Å². The standard InChI is InChI=1S/C15H18N4O4S2/c1-23-12-4-2-10(3-5-12)14-17-15(19-18-14)24-8-13(20)16-11-6-7-25(21,22)9-11/h2-5,11H,6-9H2,1H3,(H,16,20)(H,17,18,19)/t11-/m0/s1. The molecule has 134 valence electrons. The Morgan fingerprint density at radius 2 is 2.16 bits per heavy atom. The number of methoxy groups -OCH3 is 1. The van der Waals surface area contributed by atoms with E-state index < -0.39 is 9.84 Å². The van der Waals surface area contributed by atoms with E-state index in [0.717, 1.165) is 11.3 Å². The van der Waals surface area contributed by atoms with E-state index in [-0.39, 0.29) is 29.2 Å². The molecule has 10 heteroatoms. The molecule has 2 aromatic rings. The number of H-pyrrole nitrogens is 1. The van der Waals surface area contributed by atoms with Crippen LogP contribution in [0.4, 0.5) is 0 Å². The van der Waals surface area contributed by atoms with Crippen molar-refractivity contribution in [1.82, 2.24) is 20.5 Å². The molecule has 0 radical (unpaired) electrons. The third-order valence-electron chi connectivity index (χ3n) is 3.76. The number of nitrogens with zero attached hydrogens (tertiary/aromatic N) is 2. The Morgan fingerprint density at radius 3 is 2.80 bits per heavy atom. The minimum atomic E-state index is -3.00. The summed E-state index contributed by atoms with van der Waals surface area (Å²) in [6.45, 7) is 0. The second-order valence-corrected chi connectivity index (χ2v) is 8.82. The van der Waals surface area contributed by atoms with E-state index in [1.165, 1.54) is 11.8 Å². The molecule has 1 aromatic carbocycles. The van der Waals surface area contributed by atoms with Crippen LogP contribution in [0, 0.1) is 0 Å². The Morgan fingerprint density at radius 1 is 1.40 bits per heavy atom. The number of carbonyl (C=O) groups is 1. The van der Waals surface area contributed by atoms with Gasteiger partial charge in [-0.1, -0.05) is 11.8 Å². The fraction of sp³-hybridized carbons (Fsp3) is 0.400. The highest BCUT2D eigenvalue weighted by molar-refractivity contribution is 7.99. The maximum atomic E-state index is 11.9. The second-order valence-electron chi connectivity index (χ2n) is 5.65. The summed E-state index contributed by atoms with van der Waals surface area (Å²) in [6, 6.07) is 7.09. The van der Waals surface area contributed by atoms with Gasteiger partial charge in [-0.3, -0.25) is 9.89 Å². The first kappa shape index (κ1) is 17.7. The van der Waals surface area contributed by atoms with Crippen LogP contribution in [-0.2, 0) is 14.6 Å². The predicted octanol–water partition coefficient (Wildman–Crippen LogP) is 0.876. The third kappa shape index (κ3) is 4.73. The fourth-order valence-electron chi connectivity index (χ4n) is 2.50. The van der Waals surface area contributed by atoms with Gasteiger partial charge in [-0.15, -0.1) is 5.10 Å². The van der Waals surface area contributed by atoms with Crippen LogP contribution in [0.3, 0.4) is 0 Å². The number of hydrogen-bond acceptors (Lipinski definition) is 7. The Hall–Kier alpha value is -2.07. The molecule has 2 heterocycles. The van der Waals surface area contributed by atoms with Gasteiger partial charge in [0.25, 0.3) is 0 Å². The van der Waals surface area contributed by atoms with Gasteiger partial charge in [-0.25, -0.2) is 13.4 Å². The molecule has 1 atom stereocenters. The Bertz CT molecular complexity index is 849. The van der Waals surface area contributed by atoms with Crippen LogP contribution in [0.1, 0.15) is 6.42 Å². The van der Waals surface area contributed by atoms with Crippen LogP contribution in [-0.4, -0.2) is 59.9 Å². The maximum Gasteiger partial charge on any atom is 0.230 e. The van der Waals surface area contributed by atoms with E-state index in [1.54, 1.807) is 7.11 Å². The minimum Gasteiger partial charge on any atom is -0.497 e. The summed E-state index contributed by atoms with van der Waals surface area (Å²) in [5.41, 5.74) is 0.862. The summed E-state index contributed by atoms with van der Waals surface area (Å²) in [7, 11) is -1.40. The Kier molecular flexibility index (Phi) is 5.28. The van der Waals surface area contributed by atoms with E-state index in [0.29, 0.717) is 17.4 Å². The highest BCUT2D eigenvalue weighted by Crippen LogP contribution is 2.21. The van der Waals surface area contributed by atoms with Crippen molar-refractivity contribution >= 4 is 27.5 Å². The summed E-state index contributed by atoms with van der Waals surface area (Å²) in [5.74, 6) is 1.43.